The van der Waals surface area contributed by atoms with E-state index in [1.54, 1.807) is 31.4 Å². The summed E-state index contributed by atoms with van der Waals surface area (Å²) in [6.07, 6.45) is 0.558. The zero-order valence-corrected chi connectivity index (χ0v) is 14.9. The Kier molecular flexibility index (Phi) is 4.58. The lowest BCUT2D eigenvalue weighted by molar-refractivity contribution is -0.125. The van der Waals surface area contributed by atoms with Crippen LogP contribution >= 0.6 is 0 Å². The summed E-state index contributed by atoms with van der Waals surface area (Å²) in [7, 11) is 1.57. The molecule has 2 aromatic carbocycles. The Labute approximate surface area is 156 Å². The number of methoxy groups -OCH3 is 1. The van der Waals surface area contributed by atoms with Crippen molar-refractivity contribution in [3.8, 4) is 17.2 Å². The first kappa shape index (κ1) is 17.2. The Morgan fingerprint density at radius 3 is 2.74 bits per heavy atom. The number of nitrogens with one attached hydrogen (secondary N) is 2. The summed E-state index contributed by atoms with van der Waals surface area (Å²) in [6.45, 7) is 0.605. The Morgan fingerprint density at radius 2 is 1.89 bits per heavy atom. The molecular formula is C20H20N2O5. The van der Waals surface area contributed by atoms with Gasteiger partial charge in [-0.1, -0.05) is 12.1 Å². The van der Waals surface area contributed by atoms with Crippen LogP contribution in [0.3, 0.4) is 0 Å². The van der Waals surface area contributed by atoms with E-state index in [0.717, 1.165) is 5.56 Å². The number of hydrogen-bond donors (Lipinski definition) is 2. The maximum atomic E-state index is 12.3. The van der Waals surface area contributed by atoms with Crippen molar-refractivity contribution >= 4 is 17.5 Å². The quantitative estimate of drug-likeness (QED) is 0.817. The molecule has 0 saturated heterocycles. The van der Waals surface area contributed by atoms with Gasteiger partial charge < -0.3 is 24.8 Å². The number of amides is 2. The average molecular weight is 368 g/mol. The van der Waals surface area contributed by atoms with E-state index in [4.69, 9.17) is 14.2 Å². The topological polar surface area (TPSA) is 85.9 Å². The van der Waals surface area contributed by atoms with Crippen LogP contribution in [0.1, 0.15) is 12.0 Å². The van der Waals surface area contributed by atoms with Gasteiger partial charge in [0.25, 0.3) is 0 Å². The minimum absolute atomic E-state index is 0.113. The van der Waals surface area contributed by atoms with Crippen molar-refractivity contribution in [2.45, 2.75) is 13.0 Å². The lowest BCUT2D eigenvalue weighted by atomic mass is 10.2. The first-order valence-corrected chi connectivity index (χ1v) is 8.75. The van der Waals surface area contributed by atoms with Crippen molar-refractivity contribution in [1.82, 2.24) is 5.32 Å². The van der Waals surface area contributed by atoms with Crippen molar-refractivity contribution in [2.24, 2.45) is 11.8 Å². The third-order valence-electron chi connectivity index (χ3n) is 4.70. The van der Waals surface area contributed by atoms with Gasteiger partial charge in [-0.15, -0.1) is 0 Å². The van der Waals surface area contributed by atoms with Crippen molar-refractivity contribution in [2.75, 3.05) is 19.2 Å². The monoisotopic (exact) mass is 368 g/mol. The second-order valence-corrected chi connectivity index (χ2v) is 6.58. The molecule has 0 aromatic heterocycles. The van der Waals surface area contributed by atoms with Crippen molar-refractivity contribution in [3.05, 3.63) is 48.0 Å². The first-order chi connectivity index (χ1) is 13.1. The molecule has 27 heavy (non-hydrogen) atoms. The molecule has 0 spiro atoms. The highest BCUT2D eigenvalue weighted by Gasteiger charge is 2.47. The summed E-state index contributed by atoms with van der Waals surface area (Å²) in [5, 5.41) is 5.72. The van der Waals surface area contributed by atoms with Crippen LogP contribution in [-0.2, 0) is 16.1 Å². The second kappa shape index (κ2) is 7.19. The van der Waals surface area contributed by atoms with Gasteiger partial charge in [0.05, 0.1) is 18.9 Å². The Hall–Kier alpha value is -3.22. The maximum Gasteiger partial charge on any atom is 0.231 e. The molecule has 140 valence electrons. The van der Waals surface area contributed by atoms with Crippen molar-refractivity contribution in [1.29, 1.82) is 0 Å². The summed E-state index contributed by atoms with van der Waals surface area (Å²) in [6, 6.07) is 12.7. The number of anilines is 1. The lowest BCUT2D eigenvalue weighted by Gasteiger charge is -2.08. The number of benzene rings is 2. The SMILES string of the molecule is COc1cccc(NC(=O)C2CC2C(=O)NCc2ccc3c(c2)OCO3)c1. The van der Waals surface area contributed by atoms with Crippen LogP contribution in [0, 0.1) is 11.8 Å². The molecule has 1 fully saturated rings. The molecule has 2 aromatic rings. The van der Waals surface area contributed by atoms with Gasteiger partial charge in [-0.25, -0.2) is 0 Å². The number of fused-ring (bicyclic) bond motifs is 1. The maximum absolute atomic E-state index is 12.3. The van der Waals surface area contributed by atoms with Crippen LogP contribution in [0.25, 0.3) is 0 Å². The van der Waals surface area contributed by atoms with E-state index in [2.05, 4.69) is 10.6 Å². The van der Waals surface area contributed by atoms with Gasteiger partial charge in [0.1, 0.15) is 5.75 Å². The second-order valence-electron chi connectivity index (χ2n) is 6.58. The van der Waals surface area contributed by atoms with E-state index >= 15 is 0 Å². The fourth-order valence-electron chi connectivity index (χ4n) is 3.08. The summed E-state index contributed by atoms with van der Waals surface area (Å²) >= 11 is 0. The van der Waals surface area contributed by atoms with Crippen LogP contribution < -0.4 is 24.8 Å². The Bertz CT molecular complexity index is 882. The standard InChI is InChI=1S/C20H20N2O5/c1-25-14-4-2-3-13(8-14)22-20(24)16-9-15(16)19(23)21-10-12-5-6-17-18(7-12)27-11-26-17/h2-8,15-16H,9-11H2,1H3,(H,21,23)(H,22,24). The number of carbonyl (C=O) groups excluding carboxylic acids is 2. The zero-order chi connectivity index (χ0) is 18.8. The fourth-order valence-corrected chi connectivity index (χ4v) is 3.08. The predicted molar refractivity (Wildman–Crippen MR) is 97.6 cm³/mol. The minimum Gasteiger partial charge on any atom is -0.497 e. The molecule has 0 radical (unpaired) electrons. The van der Waals surface area contributed by atoms with E-state index in [1.807, 2.05) is 18.2 Å². The number of carbonyl (C=O) groups is 2. The van der Waals surface area contributed by atoms with Gasteiger partial charge in [-0.05, 0) is 36.2 Å². The normalized spacial score (nSPS) is 19.3. The molecule has 1 aliphatic carbocycles. The molecule has 2 amide bonds. The molecule has 2 atom stereocenters. The Balaban J connectivity index is 1.27. The zero-order valence-electron chi connectivity index (χ0n) is 14.9. The molecule has 1 heterocycles. The summed E-state index contributed by atoms with van der Waals surface area (Å²) in [5.74, 6) is 1.22. The molecule has 0 bridgehead atoms. The lowest BCUT2D eigenvalue weighted by Crippen LogP contribution is -2.27. The summed E-state index contributed by atoms with van der Waals surface area (Å²) < 4.78 is 15.7. The molecule has 1 aliphatic heterocycles. The fraction of sp³-hybridized carbons (Fsp3) is 0.300. The van der Waals surface area contributed by atoms with Crippen LogP contribution in [-0.4, -0.2) is 25.7 Å². The van der Waals surface area contributed by atoms with Gasteiger partial charge in [0.15, 0.2) is 11.5 Å². The Morgan fingerprint density at radius 1 is 1.07 bits per heavy atom. The van der Waals surface area contributed by atoms with E-state index < -0.39 is 0 Å². The highest BCUT2D eigenvalue weighted by Crippen LogP contribution is 2.40. The van der Waals surface area contributed by atoms with Crippen molar-refractivity contribution < 1.29 is 23.8 Å². The molecule has 2 aliphatic rings. The number of rotatable bonds is 6. The number of hydrogen-bond acceptors (Lipinski definition) is 5. The molecule has 1 saturated carbocycles. The molecule has 7 heteroatoms. The van der Waals surface area contributed by atoms with Gasteiger partial charge in [0.2, 0.25) is 18.6 Å². The van der Waals surface area contributed by atoms with E-state index in [0.29, 0.717) is 35.9 Å². The summed E-state index contributed by atoms with van der Waals surface area (Å²) in [4.78, 5) is 24.6. The van der Waals surface area contributed by atoms with E-state index in [-0.39, 0.29) is 30.4 Å². The molecule has 2 N–H and O–H groups in total. The van der Waals surface area contributed by atoms with Gasteiger partial charge in [-0.2, -0.15) is 0 Å². The highest BCUT2D eigenvalue weighted by atomic mass is 16.7. The largest absolute Gasteiger partial charge is 0.497 e. The van der Waals surface area contributed by atoms with E-state index in [1.165, 1.54) is 0 Å². The van der Waals surface area contributed by atoms with Crippen LogP contribution in [0.15, 0.2) is 42.5 Å². The van der Waals surface area contributed by atoms with Gasteiger partial charge in [0, 0.05) is 18.3 Å². The van der Waals surface area contributed by atoms with Crippen LogP contribution in [0.2, 0.25) is 0 Å². The number of ether oxygens (including phenoxy) is 3. The van der Waals surface area contributed by atoms with Crippen LogP contribution in [0.5, 0.6) is 17.2 Å². The van der Waals surface area contributed by atoms with Gasteiger partial charge in [-0.3, -0.25) is 9.59 Å². The molecule has 2 unspecified atom stereocenters. The predicted octanol–water partition coefficient (Wildman–Crippen LogP) is 2.31. The average Bonchev–Trinajstić information content (AvgIpc) is 3.36. The molecule has 4 rings (SSSR count). The van der Waals surface area contributed by atoms with Gasteiger partial charge >= 0.3 is 0 Å². The summed E-state index contributed by atoms with van der Waals surface area (Å²) in [5.41, 5.74) is 1.58. The molecular weight excluding hydrogens is 348 g/mol. The third-order valence-corrected chi connectivity index (χ3v) is 4.70. The van der Waals surface area contributed by atoms with Crippen LogP contribution in [0.4, 0.5) is 5.69 Å². The minimum atomic E-state index is -0.298. The van der Waals surface area contributed by atoms with Crippen molar-refractivity contribution in [3.63, 3.8) is 0 Å². The highest BCUT2D eigenvalue weighted by molar-refractivity contribution is 5.99. The first-order valence-electron chi connectivity index (χ1n) is 8.75. The smallest absolute Gasteiger partial charge is 0.231 e. The molecule has 7 nitrogen and oxygen atoms in total. The van der Waals surface area contributed by atoms with E-state index in [9.17, 15) is 9.59 Å². The third kappa shape index (κ3) is 3.81.